The molecule has 0 aliphatic heterocycles. The van der Waals surface area contributed by atoms with Gasteiger partial charge in [-0.05, 0) is 56.0 Å². The maximum absolute atomic E-state index is 13.3. The Bertz CT molecular complexity index is 368. The number of nitrogens with one attached hydrogen (secondary N) is 1. The number of halogens is 1. The highest BCUT2D eigenvalue weighted by atomic mass is 19.1. The molecule has 0 saturated carbocycles. The van der Waals surface area contributed by atoms with Gasteiger partial charge >= 0.3 is 0 Å². The first-order chi connectivity index (χ1) is 9.17. The maximum atomic E-state index is 13.3. The zero-order chi connectivity index (χ0) is 14.1. The van der Waals surface area contributed by atoms with Gasteiger partial charge in [0.25, 0.3) is 0 Å². The summed E-state index contributed by atoms with van der Waals surface area (Å²) >= 11 is 0. The number of hydrogen-bond donors (Lipinski definition) is 1. The second-order valence-corrected chi connectivity index (χ2v) is 4.93. The Morgan fingerprint density at radius 1 is 1.26 bits per heavy atom. The Labute approximate surface area is 116 Å². The minimum absolute atomic E-state index is 0.155. The Morgan fingerprint density at radius 3 is 2.74 bits per heavy atom. The fourth-order valence-corrected chi connectivity index (χ4v) is 2.16. The first-order valence-corrected chi connectivity index (χ1v) is 7.23. The molecule has 0 heterocycles. The van der Waals surface area contributed by atoms with Gasteiger partial charge in [-0.15, -0.1) is 0 Å². The second-order valence-electron chi connectivity index (χ2n) is 4.93. The fraction of sp³-hybridized carbons (Fsp3) is 0.625. The van der Waals surface area contributed by atoms with E-state index < -0.39 is 0 Å². The van der Waals surface area contributed by atoms with Crippen molar-refractivity contribution in [2.24, 2.45) is 0 Å². The standard InChI is InChI=1S/C16H26FNO/c1-4-9-19-10-8-16(18-5-2)12-14-11-15(17)7-6-13(14)3/h6-7,11,16,18H,4-5,8-10,12H2,1-3H3. The van der Waals surface area contributed by atoms with Crippen molar-refractivity contribution in [1.29, 1.82) is 0 Å². The van der Waals surface area contributed by atoms with Gasteiger partial charge in [0.05, 0.1) is 0 Å². The SMILES string of the molecule is CCCOCCC(Cc1cc(F)ccc1C)NCC. The molecule has 0 bridgehead atoms. The zero-order valence-corrected chi connectivity index (χ0v) is 12.3. The largest absolute Gasteiger partial charge is 0.381 e. The van der Waals surface area contributed by atoms with Crippen LogP contribution in [0, 0.1) is 12.7 Å². The minimum atomic E-state index is -0.155. The van der Waals surface area contributed by atoms with E-state index in [-0.39, 0.29) is 5.82 Å². The maximum Gasteiger partial charge on any atom is 0.123 e. The van der Waals surface area contributed by atoms with Crippen LogP contribution >= 0.6 is 0 Å². The van der Waals surface area contributed by atoms with Gasteiger partial charge in [-0.25, -0.2) is 4.39 Å². The molecule has 2 nitrogen and oxygen atoms in total. The third kappa shape index (κ3) is 6.17. The number of ether oxygens (including phenoxy) is 1. The molecule has 0 spiro atoms. The van der Waals surface area contributed by atoms with E-state index >= 15 is 0 Å². The highest BCUT2D eigenvalue weighted by molar-refractivity contribution is 5.27. The molecule has 1 aromatic rings. The smallest absolute Gasteiger partial charge is 0.123 e. The molecule has 1 N–H and O–H groups in total. The van der Waals surface area contributed by atoms with Crippen molar-refractivity contribution in [3.8, 4) is 0 Å². The summed E-state index contributed by atoms with van der Waals surface area (Å²) < 4.78 is 18.8. The van der Waals surface area contributed by atoms with E-state index in [0.29, 0.717) is 6.04 Å². The van der Waals surface area contributed by atoms with Crippen molar-refractivity contribution < 1.29 is 9.13 Å². The lowest BCUT2D eigenvalue weighted by molar-refractivity contribution is 0.124. The normalized spacial score (nSPS) is 12.6. The molecule has 108 valence electrons. The van der Waals surface area contributed by atoms with Crippen LogP contribution in [0.4, 0.5) is 4.39 Å². The van der Waals surface area contributed by atoms with Crippen LogP contribution in [0.2, 0.25) is 0 Å². The number of aryl methyl sites for hydroxylation is 1. The third-order valence-electron chi connectivity index (χ3n) is 3.23. The van der Waals surface area contributed by atoms with Crippen LogP contribution < -0.4 is 5.32 Å². The quantitative estimate of drug-likeness (QED) is 0.692. The summed E-state index contributed by atoms with van der Waals surface area (Å²) in [5.41, 5.74) is 2.24. The molecule has 1 rings (SSSR count). The molecule has 0 aliphatic rings. The molecule has 1 unspecified atom stereocenters. The predicted molar refractivity (Wildman–Crippen MR) is 78.0 cm³/mol. The molecule has 1 atom stereocenters. The molecule has 0 aliphatic carbocycles. The van der Waals surface area contributed by atoms with Crippen LogP contribution in [0.25, 0.3) is 0 Å². The molecule has 0 saturated heterocycles. The topological polar surface area (TPSA) is 21.3 Å². The van der Waals surface area contributed by atoms with Crippen LogP contribution in [0.1, 0.15) is 37.8 Å². The molecule has 19 heavy (non-hydrogen) atoms. The van der Waals surface area contributed by atoms with Gasteiger partial charge < -0.3 is 10.1 Å². The first-order valence-electron chi connectivity index (χ1n) is 7.23. The van der Waals surface area contributed by atoms with E-state index in [0.717, 1.165) is 50.1 Å². The van der Waals surface area contributed by atoms with Crippen molar-refractivity contribution in [2.45, 2.75) is 46.1 Å². The Morgan fingerprint density at radius 2 is 2.05 bits per heavy atom. The lowest BCUT2D eigenvalue weighted by Crippen LogP contribution is -2.32. The summed E-state index contributed by atoms with van der Waals surface area (Å²) in [4.78, 5) is 0. The van der Waals surface area contributed by atoms with E-state index in [2.05, 4.69) is 19.2 Å². The van der Waals surface area contributed by atoms with E-state index in [4.69, 9.17) is 4.74 Å². The van der Waals surface area contributed by atoms with E-state index in [1.54, 1.807) is 6.07 Å². The zero-order valence-electron chi connectivity index (χ0n) is 12.3. The Hall–Kier alpha value is -0.930. The third-order valence-corrected chi connectivity index (χ3v) is 3.23. The van der Waals surface area contributed by atoms with Gasteiger partial charge in [0.2, 0.25) is 0 Å². The van der Waals surface area contributed by atoms with Gasteiger partial charge in [-0.2, -0.15) is 0 Å². The minimum Gasteiger partial charge on any atom is -0.381 e. The first kappa shape index (κ1) is 16.1. The van der Waals surface area contributed by atoms with Crippen LogP contribution in [0.15, 0.2) is 18.2 Å². The molecule has 0 aromatic heterocycles. The van der Waals surface area contributed by atoms with Gasteiger partial charge in [-0.1, -0.05) is 19.9 Å². The lowest BCUT2D eigenvalue weighted by atomic mass is 9.99. The molecule has 0 fully saturated rings. The van der Waals surface area contributed by atoms with Crippen molar-refractivity contribution in [3.05, 3.63) is 35.1 Å². The highest BCUT2D eigenvalue weighted by Crippen LogP contribution is 2.14. The number of benzene rings is 1. The average molecular weight is 267 g/mol. The van der Waals surface area contributed by atoms with E-state index in [9.17, 15) is 4.39 Å². The van der Waals surface area contributed by atoms with Crippen molar-refractivity contribution in [1.82, 2.24) is 5.32 Å². The van der Waals surface area contributed by atoms with Crippen molar-refractivity contribution in [2.75, 3.05) is 19.8 Å². The summed E-state index contributed by atoms with van der Waals surface area (Å²) in [6, 6.07) is 5.36. The molecule has 3 heteroatoms. The van der Waals surface area contributed by atoms with E-state index in [1.807, 2.05) is 13.0 Å². The predicted octanol–water partition coefficient (Wildman–Crippen LogP) is 3.47. The summed E-state index contributed by atoms with van der Waals surface area (Å²) in [6.07, 6.45) is 2.87. The molecule has 0 amide bonds. The van der Waals surface area contributed by atoms with Crippen molar-refractivity contribution in [3.63, 3.8) is 0 Å². The number of hydrogen-bond acceptors (Lipinski definition) is 2. The van der Waals surface area contributed by atoms with Crippen LogP contribution in [-0.4, -0.2) is 25.8 Å². The molecular weight excluding hydrogens is 241 g/mol. The van der Waals surface area contributed by atoms with Gasteiger partial charge in [-0.3, -0.25) is 0 Å². The monoisotopic (exact) mass is 267 g/mol. The van der Waals surface area contributed by atoms with Gasteiger partial charge in [0.1, 0.15) is 5.82 Å². The fourth-order valence-electron chi connectivity index (χ4n) is 2.16. The molecule has 0 radical (unpaired) electrons. The second kappa shape index (κ2) is 9.05. The summed E-state index contributed by atoms with van der Waals surface area (Å²) in [6.45, 7) is 8.74. The van der Waals surface area contributed by atoms with Crippen LogP contribution in [0.3, 0.4) is 0 Å². The number of rotatable bonds is 9. The Balaban J connectivity index is 2.54. The van der Waals surface area contributed by atoms with E-state index in [1.165, 1.54) is 6.07 Å². The van der Waals surface area contributed by atoms with Crippen LogP contribution in [-0.2, 0) is 11.2 Å². The molecule has 1 aromatic carbocycles. The Kier molecular flexibility index (Phi) is 7.68. The average Bonchev–Trinajstić information content (AvgIpc) is 2.39. The van der Waals surface area contributed by atoms with Gasteiger partial charge in [0, 0.05) is 19.3 Å². The summed E-state index contributed by atoms with van der Waals surface area (Å²) in [5.74, 6) is -0.155. The number of likely N-dealkylation sites (N-methyl/N-ethyl adjacent to an activating group) is 1. The van der Waals surface area contributed by atoms with Gasteiger partial charge in [0.15, 0.2) is 0 Å². The molecular formula is C16H26FNO. The highest BCUT2D eigenvalue weighted by Gasteiger charge is 2.10. The summed E-state index contributed by atoms with van der Waals surface area (Å²) in [7, 11) is 0. The van der Waals surface area contributed by atoms with Crippen LogP contribution in [0.5, 0.6) is 0 Å². The summed E-state index contributed by atoms with van der Waals surface area (Å²) in [5, 5.41) is 3.45. The van der Waals surface area contributed by atoms with Crippen molar-refractivity contribution >= 4 is 0 Å². The lowest BCUT2D eigenvalue weighted by Gasteiger charge is -2.19.